The summed E-state index contributed by atoms with van der Waals surface area (Å²) in [6, 6.07) is 0. The van der Waals surface area contributed by atoms with Gasteiger partial charge in [0.25, 0.3) is 0 Å². The van der Waals surface area contributed by atoms with Gasteiger partial charge in [-0.05, 0) is 6.42 Å². The summed E-state index contributed by atoms with van der Waals surface area (Å²) >= 11 is 0. The average Bonchev–Trinajstić information content (AvgIpc) is 2.42. The molecule has 1 amide bonds. The number of carbonyl (C=O) groups excluding carboxylic acids is 1. The lowest BCUT2D eigenvalue weighted by molar-refractivity contribution is -0.132. The van der Waals surface area contributed by atoms with E-state index >= 15 is 0 Å². The molecule has 0 aromatic rings. The van der Waals surface area contributed by atoms with Crippen molar-refractivity contribution in [3.05, 3.63) is 0 Å². The number of ether oxygens (including phenoxy) is 1. The molecule has 0 unspecified atom stereocenters. The first-order valence-corrected chi connectivity index (χ1v) is 7.63. The van der Waals surface area contributed by atoms with E-state index in [0.717, 1.165) is 12.8 Å². The number of methoxy groups -OCH3 is 1. The molecule has 4 heteroatoms. The molecule has 114 valence electrons. The molecular formula is C15H31NO3. The first kappa shape index (κ1) is 18.4. The fourth-order valence-corrected chi connectivity index (χ4v) is 2.07. The first-order chi connectivity index (χ1) is 9.26. The second-order valence-corrected chi connectivity index (χ2v) is 4.97. The van der Waals surface area contributed by atoms with Crippen molar-refractivity contribution < 1.29 is 14.6 Å². The summed E-state index contributed by atoms with van der Waals surface area (Å²) in [5, 5.41) is 8.94. The molecule has 0 rings (SSSR count). The van der Waals surface area contributed by atoms with E-state index in [9.17, 15) is 4.79 Å². The number of aliphatic hydroxyl groups excluding tert-OH is 1. The van der Waals surface area contributed by atoms with Gasteiger partial charge in [-0.25, -0.2) is 0 Å². The van der Waals surface area contributed by atoms with Crippen molar-refractivity contribution in [1.82, 2.24) is 4.90 Å². The van der Waals surface area contributed by atoms with Crippen LogP contribution in [0.4, 0.5) is 0 Å². The Hall–Kier alpha value is -0.610. The predicted octanol–water partition coefficient (Wildman–Crippen LogP) is 2.59. The van der Waals surface area contributed by atoms with Crippen molar-refractivity contribution in [2.75, 3.05) is 33.4 Å². The molecule has 0 aliphatic heterocycles. The zero-order valence-corrected chi connectivity index (χ0v) is 12.7. The van der Waals surface area contributed by atoms with Gasteiger partial charge in [0, 0.05) is 26.6 Å². The molecule has 19 heavy (non-hydrogen) atoms. The molecule has 1 N–H and O–H groups in total. The van der Waals surface area contributed by atoms with Crippen molar-refractivity contribution in [3.8, 4) is 0 Å². The molecule has 0 bridgehead atoms. The highest BCUT2D eigenvalue weighted by Gasteiger charge is 2.11. The number of rotatable bonds is 13. The fraction of sp³-hybridized carbons (Fsp3) is 0.933. The monoisotopic (exact) mass is 273 g/mol. The van der Waals surface area contributed by atoms with E-state index in [2.05, 4.69) is 6.92 Å². The van der Waals surface area contributed by atoms with E-state index in [1.165, 1.54) is 32.1 Å². The molecule has 0 saturated carbocycles. The number of hydrogen-bond donors (Lipinski definition) is 1. The highest BCUT2D eigenvalue weighted by molar-refractivity contribution is 5.76. The molecule has 0 aromatic carbocycles. The summed E-state index contributed by atoms with van der Waals surface area (Å²) in [5.74, 6) is 0.139. The lowest BCUT2D eigenvalue weighted by atomic mass is 10.1. The van der Waals surface area contributed by atoms with E-state index in [1.54, 1.807) is 12.0 Å². The third kappa shape index (κ3) is 11.0. The van der Waals surface area contributed by atoms with E-state index in [0.29, 0.717) is 26.1 Å². The summed E-state index contributed by atoms with van der Waals surface area (Å²) in [5.41, 5.74) is 0. The van der Waals surface area contributed by atoms with Gasteiger partial charge in [0.2, 0.25) is 5.91 Å². The van der Waals surface area contributed by atoms with Crippen LogP contribution in [0.3, 0.4) is 0 Å². The van der Waals surface area contributed by atoms with E-state index in [-0.39, 0.29) is 12.5 Å². The highest BCUT2D eigenvalue weighted by Crippen LogP contribution is 2.09. The Labute approximate surface area is 118 Å². The molecule has 0 aliphatic carbocycles. The lowest BCUT2D eigenvalue weighted by Gasteiger charge is -2.21. The minimum absolute atomic E-state index is 0.0203. The van der Waals surface area contributed by atoms with Crippen LogP contribution in [0, 0.1) is 0 Å². The van der Waals surface area contributed by atoms with E-state index in [4.69, 9.17) is 9.84 Å². The Kier molecular flexibility index (Phi) is 13.4. The molecule has 0 saturated heterocycles. The minimum atomic E-state index is 0.0203. The Balaban J connectivity index is 3.62. The van der Waals surface area contributed by atoms with Gasteiger partial charge in [0.15, 0.2) is 0 Å². The van der Waals surface area contributed by atoms with E-state index < -0.39 is 0 Å². The third-order valence-electron chi connectivity index (χ3n) is 3.28. The molecule has 4 nitrogen and oxygen atoms in total. The molecule has 0 atom stereocenters. The summed E-state index contributed by atoms with van der Waals surface area (Å²) in [6.07, 6.45) is 9.10. The van der Waals surface area contributed by atoms with Gasteiger partial charge in [-0.3, -0.25) is 4.79 Å². The number of nitrogens with zero attached hydrogens (tertiary/aromatic N) is 1. The van der Waals surface area contributed by atoms with Gasteiger partial charge in [-0.15, -0.1) is 0 Å². The smallest absolute Gasteiger partial charge is 0.222 e. The fourth-order valence-electron chi connectivity index (χ4n) is 2.07. The standard InChI is InChI=1S/C15H31NO3/c1-3-4-5-6-7-8-9-10-15(18)16(11-13-17)12-14-19-2/h17H,3-14H2,1-2H3. The van der Waals surface area contributed by atoms with Crippen molar-refractivity contribution in [1.29, 1.82) is 0 Å². The number of amides is 1. The van der Waals surface area contributed by atoms with Crippen molar-refractivity contribution in [2.45, 2.75) is 58.3 Å². The predicted molar refractivity (Wildman–Crippen MR) is 78.2 cm³/mol. The van der Waals surface area contributed by atoms with Crippen LogP contribution >= 0.6 is 0 Å². The average molecular weight is 273 g/mol. The molecule has 0 aliphatic rings. The third-order valence-corrected chi connectivity index (χ3v) is 3.28. The number of hydrogen-bond acceptors (Lipinski definition) is 3. The zero-order chi connectivity index (χ0) is 14.3. The topological polar surface area (TPSA) is 49.8 Å². The maximum absolute atomic E-state index is 11.9. The van der Waals surface area contributed by atoms with Gasteiger partial charge in [-0.2, -0.15) is 0 Å². The Bertz CT molecular complexity index is 210. The normalized spacial score (nSPS) is 10.7. The quantitative estimate of drug-likeness (QED) is 0.525. The van der Waals surface area contributed by atoms with Crippen LogP contribution in [0.2, 0.25) is 0 Å². The van der Waals surface area contributed by atoms with Gasteiger partial charge < -0.3 is 14.7 Å². The van der Waals surface area contributed by atoms with Crippen molar-refractivity contribution >= 4 is 5.91 Å². The Morgan fingerprint density at radius 2 is 1.68 bits per heavy atom. The van der Waals surface area contributed by atoms with Gasteiger partial charge in [0.1, 0.15) is 0 Å². The van der Waals surface area contributed by atoms with Crippen LogP contribution in [0.5, 0.6) is 0 Å². The summed E-state index contributed by atoms with van der Waals surface area (Å²) in [7, 11) is 1.62. The maximum Gasteiger partial charge on any atom is 0.222 e. The second-order valence-electron chi connectivity index (χ2n) is 4.97. The van der Waals surface area contributed by atoms with Crippen LogP contribution in [0.15, 0.2) is 0 Å². The molecule has 0 spiro atoms. The van der Waals surface area contributed by atoms with Gasteiger partial charge in [-0.1, -0.05) is 45.4 Å². The second kappa shape index (κ2) is 13.8. The Morgan fingerprint density at radius 3 is 2.26 bits per heavy atom. The summed E-state index contributed by atoms with van der Waals surface area (Å²) in [4.78, 5) is 13.6. The number of aliphatic hydroxyl groups is 1. The van der Waals surface area contributed by atoms with Crippen LogP contribution in [-0.4, -0.2) is 49.3 Å². The molecule has 0 radical (unpaired) electrons. The van der Waals surface area contributed by atoms with Crippen LogP contribution in [-0.2, 0) is 9.53 Å². The van der Waals surface area contributed by atoms with Crippen LogP contribution in [0.25, 0.3) is 0 Å². The molecule has 0 fully saturated rings. The molecule has 0 heterocycles. The summed E-state index contributed by atoms with van der Waals surface area (Å²) in [6.45, 7) is 3.76. The molecule has 0 aromatic heterocycles. The number of unbranched alkanes of at least 4 members (excludes halogenated alkanes) is 6. The summed E-state index contributed by atoms with van der Waals surface area (Å²) < 4.78 is 4.97. The lowest BCUT2D eigenvalue weighted by Crippen LogP contribution is -2.36. The minimum Gasteiger partial charge on any atom is -0.395 e. The highest BCUT2D eigenvalue weighted by atomic mass is 16.5. The number of carbonyl (C=O) groups is 1. The largest absolute Gasteiger partial charge is 0.395 e. The van der Waals surface area contributed by atoms with Crippen molar-refractivity contribution in [3.63, 3.8) is 0 Å². The Morgan fingerprint density at radius 1 is 1.05 bits per heavy atom. The van der Waals surface area contributed by atoms with Crippen LogP contribution < -0.4 is 0 Å². The van der Waals surface area contributed by atoms with Crippen LogP contribution in [0.1, 0.15) is 58.3 Å². The van der Waals surface area contributed by atoms with E-state index in [1.807, 2.05) is 0 Å². The van der Waals surface area contributed by atoms with Gasteiger partial charge >= 0.3 is 0 Å². The first-order valence-electron chi connectivity index (χ1n) is 7.63. The maximum atomic E-state index is 11.9. The zero-order valence-electron chi connectivity index (χ0n) is 12.7. The van der Waals surface area contributed by atoms with Gasteiger partial charge in [0.05, 0.1) is 13.2 Å². The molecular weight excluding hydrogens is 242 g/mol. The SMILES string of the molecule is CCCCCCCCCC(=O)N(CCO)CCOC. The van der Waals surface area contributed by atoms with Crippen molar-refractivity contribution in [2.24, 2.45) is 0 Å².